The molecule has 0 unspecified atom stereocenters. The molecular weight excluding hydrogens is 220 g/mol. The van der Waals surface area contributed by atoms with Crippen LogP contribution in [0.5, 0.6) is 0 Å². The van der Waals surface area contributed by atoms with Crippen molar-refractivity contribution in [1.82, 2.24) is 4.57 Å². The largest absolute Gasteiger partial charge is 0.314 e. The topological polar surface area (TPSA) is 65.1 Å². The first kappa shape index (κ1) is 11.1. The number of benzene rings is 1. The van der Waals surface area contributed by atoms with E-state index in [0.29, 0.717) is 11.3 Å². The molecule has 0 atom stereocenters. The Labute approximate surface area is 97.5 Å². The van der Waals surface area contributed by atoms with Crippen LogP contribution in [0.15, 0.2) is 36.5 Å². The molecule has 0 N–H and O–H groups in total. The molecule has 5 heteroatoms. The lowest BCUT2D eigenvalue weighted by atomic mass is 10.2. The van der Waals surface area contributed by atoms with Crippen LogP contribution in [0.3, 0.4) is 0 Å². The van der Waals surface area contributed by atoms with Crippen molar-refractivity contribution < 1.29 is 9.72 Å². The third-order valence-corrected chi connectivity index (χ3v) is 2.56. The maximum atomic E-state index is 10.8. The van der Waals surface area contributed by atoms with Gasteiger partial charge >= 0.3 is 0 Å². The molecule has 0 saturated heterocycles. The minimum atomic E-state index is -0.421. The van der Waals surface area contributed by atoms with Gasteiger partial charge in [-0.3, -0.25) is 14.9 Å². The van der Waals surface area contributed by atoms with Gasteiger partial charge in [0, 0.05) is 23.5 Å². The van der Waals surface area contributed by atoms with Crippen LogP contribution in [0.1, 0.15) is 16.1 Å². The lowest BCUT2D eigenvalue weighted by Gasteiger charge is -2.06. The summed E-state index contributed by atoms with van der Waals surface area (Å²) >= 11 is 0. The lowest BCUT2D eigenvalue weighted by Crippen LogP contribution is -1.99. The van der Waals surface area contributed by atoms with Crippen LogP contribution in [0.2, 0.25) is 0 Å². The fraction of sp³-hybridized carbons (Fsp3) is 0.0833. The number of aryl methyl sites for hydroxylation is 1. The van der Waals surface area contributed by atoms with E-state index in [-0.39, 0.29) is 5.69 Å². The van der Waals surface area contributed by atoms with Gasteiger partial charge in [0.1, 0.15) is 0 Å². The summed E-state index contributed by atoms with van der Waals surface area (Å²) in [6, 6.07) is 8.19. The maximum absolute atomic E-state index is 10.8. The third-order valence-electron chi connectivity index (χ3n) is 2.56. The van der Waals surface area contributed by atoms with Crippen LogP contribution >= 0.6 is 0 Å². The zero-order valence-electron chi connectivity index (χ0n) is 9.16. The Bertz CT molecular complexity index is 587. The second-order valence-corrected chi connectivity index (χ2v) is 3.65. The predicted molar refractivity (Wildman–Crippen MR) is 62.5 cm³/mol. The second kappa shape index (κ2) is 4.21. The number of carbonyl (C=O) groups is 1. The average molecular weight is 230 g/mol. The predicted octanol–water partition coefficient (Wildman–Crippen LogP) is 2.51. The van der Waals surface area contributed by atoms with Crippen LogP contribution in [-0.4, -0.2) is 15.8 Å². The van der Waals surface area contributed by atoms with E-state index in [1.54, 1.807) is 42.0 Å². The van der Waals surface area contributed by atoms with Gasteiger partial charge in [-0.2, -0.15) is 0 Å². The highest BCUT2D eigenvalue weighted by atomic mass is 16.6. The van der Waals surface area contributed by atoms with Crippen molar-refractivity contribution in [2.45, 2.75) is 6.92 Å². The fourth-order valence-corrected chi connectivity index (χ4v) is 1.72. The molecule has 0 fully saturated rings. The summed E-state index contributed by atoms with van der Waals surface area (Å²) in [6.45, 7) is 1.67. The van der Waals surface area contributed by atoms with Gasteiger partial charge < -0.3 is 4.57 Å². The van der Waals surface area contributed by atoms with Crippen molar-refractivity contribution in [2.24, 2.45) is 0 Å². The van der Waals surface area contributed by atoms with E-state index in [1.807, 2.05) is 0 Å². The molecule has 0 aliphatic heterocycles. The Balaban J connectivity index is 2.52. The minimum absolute atomic E-state index is 0.0774. The monoisotopic (exact) mass is 230 g/mol. The molecule has 0 radical (unpaired) electrons. The molecule has 1 aromatic heterocycles. The van der Waals surface area contributed by atoms with E-state index in [2.05, 4.69) is 0 Å². The lowest BCUT2D eigenvalue weighted by molar-refractivity contribution is -0.385. The van der Waals surface area contributed by atoms with Crippen molar-refractivity contribution in [3.05, 3.63) is 57.9 Å². The summed E-state index contributed by atoms with van der Waals surface area (Å²) in [4.78, 5) is 21.1. The highest BCUT2D eigenvalue weighted by Gasteiger charge is 2.11. The first-order valence-electron chi connectivity index (χ1n) is 5.01. The highest BCUT2D eigenvalue weighted by Crippen LogP contribution is 2.21. The average Bonchev–Trinajstić information content (AvgIpc) is 2.76. The van der Waals surface area contributed by atoms with Crippen LogP contribution < -0.4 is 0 Å². The molecule has 1 heterocycles. The standard InChI is InChI=1S/C12H10N2O3/c1-9-7-10(4-5-12(9)14(16)17)13-6-2-3-11(13)8-15/h2-8H,1H3. The number of hydrogen-bond donors (Lipinski definition) is 0. The van der Waals surface area contributed by atoms with E-state index >= 15 is 0 Å². The Morgan fingerprint density at radius 3 is 2.71 bits per heavy atom. The number of aromatic nitrogens is 1. The molecule has 0 aliphatic rings. The number of nitro benzene ring substituents is 1. The smallest absolute Gasteiger partial charge is 0.272 e. The van der Waals surface area contributed by atoms with E-state index in [9.17, 15) is 14.9 Å². The number of rotatable bonds is 3. The van der Waals surface area contributed by atoms with Gasteiger partial charge in [0.2, 0.25) is 0 Å². The molecule has 0 aliphatic carbocycles. The number of aldehydes is 1. The number of hydrogen-bond acceptors (Lipinski definition) is 3. The normalized spacial score (nSPS) is 10.2. The number of nitrogens with zero attached hydrogens (tertiary/aromatic N) is 2. The maximum Gasteiger partial charge on any atom is 0.272 e. The summed E-state index contributed by atoms with van der Waals surface area (Å²) < 4.78 is 1.68. The fourth-order valence-electron chi connectivity index (χ4n) is 1.72. The summed E-state index contributed by atoms with van der Waals surface area (Å²) in [6.07, 6.45) is 2.49. The SMILES string of the molecule is Cc1cc(-n2cccc2C=O)ccc1[N+](=O)[O-]. The van der Waals surface area contributed by atoms with Crippen molar-refractivity contribution in [1.29, 1.82) is 0 Å². The Hall–Kier alpha value is -2.43. The van der Waals surface area contributed by atoms with Gasteiger partial charge in [-0.05, 0) is 31.2 Å². The van der Waals surface area contributed by atoms with Gasteiger partial charge in [-0.25, -0.2) is 0 Å². The zero-order chi connectivity index (χ0) is 12.4. The van der Waals surface area contributed by atoms with E-state index < -0.39 is 4.92 Å². The molecule has 0 bridgehead atoms. The first-order chi connectivity index (χ1) is 8.13. The zero-order valence-corrected chi connectivity index (χ0v) is 9.16. The summed E-state index contributed by atoms with van der Waals surface area (Å²) in [7, 11) is 0. The molecule has 2 aromatic rings. The third kappa shape index (κ3) is 1.94. The summed E-state index contributed by atoms with van der Waals surface area (Å²) in [5.41, 5.74) is 1.89. The Morgan fingerprint density at radius 2 is 2.12 bits per heavy atom. The Kier molecular flexibility index (Phi) is 2.74. The molecule has 5 nitrogen and oxygen atoms in total. The summed E-state index contributed by atoms with van der Waals surface area (Å²) in [5, 5.41) is 10.7. The van der Waals surface area contributed by atoms with Gasteiger partial charge in [-0.15, -0.1) is 0 Å². The quantitative estimate of drug-likeness (QED) is 0.462. The number of nitro groups is 1. The van der Waals surface area contributed by atoms with Crippen molar-refractivity contribution in [3.8, 4) is 5.69 Å². The molecular formula is C12H10N2O3. The van der Waals surface area contributed by atoms with Gasteiger partial charge in [0.05, 0.1) is 10.6 Å². The molecule has 0 amide bonds. The first-order valence-corrected chi connectivity index (χ1v) is 5.01. The van der Waals surface area contributed by atoms with Crippen LogP contribution in [0, 0.1) is 17.0 Å². The minimum Gasteiger partial charge on any atom is -0.314 e. The van der Waals surface area contributed by atoms with Gasteiger partial charge in [0.25, 0.3) is 5.69 Å². The molecule has 0 spiro atoms. The van der Waals surface area contributed by atoms with Crippen LogP contribution in [0.4, 0.5) is 5.69 Å². The van der Waals surface area contributed by atoms with Gasteiger partial charge in [-0.1, -0.05) is 0 Å². The molecule has 17 heavy (non-hydrogen) atoms. The van der Waals surface area contributed by atoms with Crippen LogP contribution in [-0.2, 0) is 0 Å². The van der Waals surface area contributed by atoms with Gasteiger partial charge in [0.15, 0.2) is 6.29 Å². The molecule has 1 aromatic carbocycles. The highest BCUT2D eigenvalue weighted by molar-refractivity contribution is 5.74. The van der Waals surface area contributed by atoms with Crippen LogP contribution in [0.25, 0.3) is 5.69 Å². The van der Waals surface area contributed by atoms with E-state index in [4.69, 9.17) is 0 Å². The second-order valence-electron chi connectivity index (χ2n) is 3.65. The summed E-state index contributed by atoms with van der Waals surface area (Å²) in [5.74, 6) is 0. The van der Waals surface area contributed by atoms with Crippen molar-refractivity contribution in [3.63, 3.8) is 0 Å². The van der Waals surface area contributed by atoms with Crippen molar-refractivity contribution in [2.75, 3.05) is 0 Å². The molecule has 86 valence electrons. The molecule has 0 saturated carbocycles. The van der Waals surface area contributed by atoms with E-state index in [1.165, 1.54) is 6.07 Å². The molecule has 2 rings (SSSR count). The van der Waals surface area contributed by atoms with Crippen molar-refractivity contribution >= 4 is 12.0 Å². The number of carbonyl (C=O) groups excluding carboxylic acids is 1. The Morgan fingerprint density at radius 1 is 1.35 bits per heavy atom. The van der Waals surface area contributed by atoms with E-state index in [0.717, 1.165) is 12.0 Å².